The highest BCUT2D eigenvalue weighted by Gasteiger charge is 1.96. The summed E-state index contributed by atoms with van der Waals surface area (Å²) in [7, 11) is 0. The van der Waals surface area contributed by atoms with Crippen LogP contribution in [0.1, 0.15) is 38.5 Å². The number of ether oxygens (including phenoxy) is 1. The monoisotopic (exact) mass is 396 g/mol. The number of aliphatic imine (C=N–C) groups is 2. The van der Waals surface area contributed by atoms with Crippen molar-refractivity contribution < 1.29 is 4.74 Å². The van der Waals surface area contributed by atoms with Crippen molar-refractivity contribution in [2.45, 2.75) is 38.5 Å². The molecule has 0 fully saturated rings. The molecule has 0 unspecified atom stereocenters. The van der Waals surface area contributed by atoms with E-state index < -0.39 is 0 Å². The Balaban J connectivity index is 3.67. The Labute approximate surface area is 166 Å². The molecule has 11 nitrogen and oxygen atoms in total. The number of nitrogens with one attached hydrogen (secondary N) is 2. The zero-order chi connectivity index (χ0) is 21.2. The van der Waals surface area contributed by atoms with Crippen LogP contribution < -0.4 is 39.7 Å². The Kier molecular flexibility index (Phi) is 14.3. The second kappa shape index (κ2) is 16.1. The van der Waals surface area contributed by atoms with Gasteiger partial charge in [-0.3, -0.25) is 15.4 Å². The molecule has 0 spiro atoms. The molecule has 0 saturated heterocycles. The number of nitrogens with two attached hydrogens (primary N) is 6. The van der Waals surface area contributed by atoms with Gasteiger partial charge < -0.3 is 44.5 Å². The molecular formula is C17H36N10O. The summed E-state index contributed by atoms with van der Waals surface area (Å²) in [6.45, 7) is 2.41. The first-order chi connectivity index (χ1) is 13.3. The van der Waals surface area contributed by atoms with E-state index in [2.05, 4.69) is 15.3 Å². The van der Waals surface area contributed by atoms with Crippen LogP contribution in [0.15, 0.2) is 33.7 Å². The van der Waals surface area contributed by atoms with E-state index in [0.29, 0.717) is 32.1 Å². The summed E-state index contributed by atoms with van der Waals surface area (Å²) in [4.78, 5) is 8.17. The van der Waals surface area contributed by atoms with Gasteiger partial charge in [0.05, 0.1) is 12.3 Å². The predicted octanol–water partition coefficient (Wildman–Crippen LogP) is -0.900. The minimum Gasteiger partial charge on any atom is -0.479 e. The second-order valence-corrected chi connectivity index (χ2v) is 6.07. The standard InChI is InChI=1S/C17H36N10O/c18-13(15(20)21)7-8-14(19)28-12-6-11-27-17(24)26-10-5-3-1-2-4-9-25-16(22)23/h7-8H,1-6,9-12,18-19H2,(H3,20,21)(H4,22,23,25)(H3,24,26,27)/b13-7-,14-8+. The molecule has 0 heterocycles. The molecule has 0 amide bonds. The number of nitrogens with zero attached hydrogens (tertiary/aromatic N) is 2. The SMILES string of the molecule is N=C(N)/C(N)=C/C=C(\N)OCCCN=C(N)NCCCCCCCN=C(N)N. The van der Waals surface area contributed by atoms with Crippen LogP contribution in [0.5, 0.6) is 0 Å². The summed E-state index contributed by atoms with van der Waals surface area (Å²) in [6.07, 6.45) is 8.92. The first-order valence-electron chi connectivity index (χ1n) is 9.32. The zero-order valence-electron chi connectivity index (χ0n) is 16.5. The highest BCUT2D eigenvalue weighted by Crippen LogP contribution is 2.02. The number of hydrogen-bond donors (Lipinski definition) is 8. The van der Waals surface area contributed by atoms with Crippen LogP contribution in [0, 0.1) is 5.41 Å². The molecule has 0 atom stereocenters. The number of amidine groups is 1. The number of hydrogen-bond acceptors (Lipinski definition) is 6. The maximum Gasteiger partial charge on any atom is 0.188 e. The lowest BCUT2D eigenvalue weighted by Gasteiger charge is -2.06. The first-order valence-corrected chi connectivity index (χ1v) is 9.32. The van der Waals surface area contributed by atoms with Crippen LogP contribution in [-0.4, -0.2) is 44.0 Å². The normalized spacial score (nSPS) is 12.5. The van der Waals surface area contributed by atoms with Gasteiger partial charge in [0.15, 0.2) is 17.8 Å². The lowest BCUT2D eigenvalue weighted by Crippen LogP contribution is -2.32. The van der Waals surface area contributed by atoms with E-state index in [1.807, 2.05) is 0 Å². The van der Waals surface area contributed by atoms with Crippen LogP contribution in [0.25, 0.3) is 0 Å². The van der Waals surface area contributed by atoms with Gasteiger partial charge in [0, 0.05) is 26.1 Å². The van der Waals surface area contributed by atoms with Crippen molar-refractivity contribution in [2.24, 2.45) is 44.4 Å². The number of unbranched alkanes of at least 4 members (excludes halogenated alkanes) is 4. The smallest absolute Gasteiger partial charge is 0.188 e. The average molecular weight is 397 g/mol. The maximum absolute atomic E-state index is 7.13. The average Bonchev–Trinajstić information content (AvgIpc) is 2.64. The topological polar surface area (TPSA) is 226 Å². The van der Waals surface area contributed by atoms with Crippen LogP contribution in [-0.2, 0) is 4.74 Å². The van der Waals surface area contributed by atoms with E-state index in [1.54, 1.807) is 0 Å². The van der Waals surface area contributed by atoms with Crippen LogP contribution in [0.4, 0.5) is 0 Å². The molecule has 0 aromatic carbocycles. The fourth-order valence-corrected chi connectivity index (χ4v) is 2.01. The summed E-state index contributed by atoms with van der Waals surface area (Å²) >= 11 is 0. The second-order valence-electron chi connectivity index (χ2n) is 6.07. The molecule has 0 aliphatic carbocycles. The fraction of sp³-hybridized carbons (Fsp3) is 0.588. The molecule has 0 radical (unpaired) electrons. The lowest BCUT2D eigenvalue weighted by atomic mass is 10.1. The van der Waals surface area contributed by atoms with Crippen molar-refractivity contribution in [3.63, 3.8) is 0 Å². The van der Waals surface area contributed by atoms with Gasteiger partial charge >= 0.3 is 0 Å². The van der Waals surface area contributed by atoms with Gasteiger partial charge in [0.25, 0.3) is 0 Å². The van der Waals surface area contributed by atoms with E-state index in [4.69, 9.17) is 44.5 Å². The molecule has 160 valence electrons. The molecule has 0 aromatic heterocycles. The Hall–Kier alpha value is -3.11. The van der Waals surface area contributed by atoms with Crippen LogP contribution in [0.3, 0.4) is 0 Å². The van der Waals surface area contributed by atoms with Crippen molar-refractivity contribution in [3.05, 3.63) is 23.7 Å². The molecule has 0 aliphatic heterocycles. The van der Waals surface area contributed by atoms with Gasteiger partial charge in [0.1, 0.15) is 5.84 Å². The largest absolute Gasteiger partial charge is 0.479 e. The lowest BCUT2D eigenvalue weighted by molar-refractivity contribution is 0.207. The third-order valence-electron chi connectivity index (χ3n) is 3.53. The van der Waals surface area contributed by atoms with E-state index in [-0.39, 0.29) is 23.4 Å². The number of allylic oxidation sites excluding steroid dienone is 2. The van der Waals surface area contributed by atoms with Gasteiger partial charge in [-0.05, 0) is 25.0 Å². The number of rotatable bonds is 15. The van der Waals surface area contributed by atoms with Gasteiger partial charge in [-0.25, -0.2) is 0 Å². The van der Waals surface area contributed by atoms with E-state index >= 15 is 0 Å². The summed E-state index contributed by atoms with van der Waals surface area (Å²) in [5.74, 6) is 0.549. The third kappa shape index (κ3) is 16.4. The molecular weight excluding hydrogens is 360 g/mol. The Morgan fingerprint density at radius 3 is 2.14 bits per heavy atom. The summed E-state index contributed by atoms with van der Waals surface area (Å²) < 4.78 is 5.30. The van der Waals surface area contributed by atoms with E-state index in [9.17, 15) is 0 Å². The Bertz CT molecular complexity index is 564. The van der Waals surface area contributed by atoms with Crippen molar-refractivity contribution in [2.75, 3.05) is 26.2 Å². The van der Waals surface area contributed by atoms with Crippen LogP contribution >= 0.6 is 0 Å². The van der Waals surface area contributed by atoms with Crippen molar-refractivity contribution in [1.82, 2.24) is 5.32 Å². The predicted molar refractivity (Wildman–Crippen MR) is 115 cm³/mol. The third-order valence-corrected chi connectivity index (χ3v) is 3.53. The van der Waals surface area contributed by atoms with Gasteiger partial charge in [0.2, 0.25) is 0 Å². The van der Waals surface area contributed by atoms with Gasteiger partial charge in [-0.15, -0.1) is 0 Å². The Morgan fingerprint density at radius 1 is 0.821 bits per heavy atom. The van der Waals surface area contributed by atoms with Gasteiger partial charge in [-0.1, -0.05) is 19.3 Å². The molecule has 0 rings (SSSR count). The zero-order valence-corrected chi connectivity index (χ0v) is 16.5. The van der Waals surface area contributed by atoms with Gasteiger partial charge in [-0.2, -0.15) is 0 Å². The van der Waals surface area contributed by atoms with E-state index in [0.717, 1.165) is 38.6 Å². The summed E-state index contributed by atoms with van der Waals surface area (Å²) in [5, 5.41) is 10.2. The molecule has 11 heteroatoms. The molecule has 0 aliphatic rings. The minimum absolute atomic E-state index is 0.126. The van der Waals surface area contributed by atoms with Crippen molar-refractivity contribution in [3.8, 4) is 0 Å². The first kappa shape index (κ1) is 24.9. The minimum atomic E-state index is -0.218. The highest BCUT2D eigenvalue weighted by molar-refractivity contribution is 5.93. The molecule has 0 aromatic rings. The quantitative estimate of drug-likeness (QED) is 0.0567. The molecule has 28 heavy (non-hydrogen) atoms. The van der Waals surface area contributed by atoms with Crippen molar-refractivity contribution in [1.29, 1.82) is 5.41 Å². The highest BCUT2D eigenvalue weighted by atomic mass is 16.5. The maximum atomic E-state index is 7.13. The Morgan fingerprint density at radius 2 is 1.46 bits per heavy atom. The van der Waals surface area contributed by atoms with Crippen molar-refractivity contribution >= 4 is 17.8 Å². The van der Waals surface area contributed by atoms with E-state index in [1.165, 1.54) is 12.2 Å². The summed E-state index contributed by atoms with van der Waals surface area (Å²) in [5.41, 5.74) is 32.8. The molecule has 0 saturated carbocycles. The molecule has 14 N–H and O–H groups in total. The summed E-state index contributed by atoms with van der Waals surface area (Å²) in [6, 6.07) is 0. The van der Waals surface area contributed by atoms with Crippen LogP contribution in [0.2, 0.25) is 0 Å². The molecule has 0 bridgehead atoms. The fourth-order valence-electron chi connectivity index (χ4n) is 2.01. The number of guanidine groups is 2.